The summed E-state index contributed by atoms with van der Waals surface area (Å²) in [6, 6.07) is 3.53. The van der Waals surface area contributed by atoms with Gasteiger partial charge in [-0.25, -0.2) is 0 Å². The summed E-state index contributed by atoms with van der Waals surface area (Å²) in [6.45, 7) is 3.38. The lowest BCUT2D eigenvalue weighted by molar-refractivity contribution is -0.141. The van der Waals surface area contributed by atoms with Crippen LogP contribution in [0.5, 0.6) is 11.5 Å². The molecule has 2 N–H and O–H groups in total. The highest BCUT2D eigenvalue weighted by molar-refractivity contribution is 6.35. The zero-order chi connectivity index (χ0) is 13.4. The second kappa shape index (κ2) is 4.46. The summed E-state index contributed by atoms with van der Waals surface area (Å²) < 4.78 is 11.0. The van der Waals surface area contributed by atoms with Crippen molar-refractivity contribution in [3.05, 3.63) is 23.3 Å². The normalized spacial score (nSPS) is 21.6. The van der Waals surface area contributed by atoms with Crippen LogP contribution in [0.3, 0.4) is 0 Å². The fourth-order valence-corrected chi connectivity index (χ4v) is 2.32. The molecule has 0 bridgehead atoms. The van der Waals surface area contributed by atoms with E-state index in [2.05, 4.69) is 10.6 Å². The molecule has 0 saturated carbocycles. The van der Waals surface area contributed by atoms with E-state index < -0.39 is 11.8 Å². The third-order valence-electron chi connectivity index (χ3n) is 3.28. The fraction of sp³-hybridized carbons (Fsp3) is 0.385. The Balaban J connectivity index is 1.92. The Morgan fingerprint density at radius 1 is 1.11 bits per heavy atom. The highest BCUT2D eigenvalue weighted by atomic mass is 16.6. The van der Waals surface area contributed by atoms with E-state index in [9.17, 15) is 9.59 Å². The first kappa shape index (κ1) is 11.8. The number of carbonyl (C=O) groups excluding carboxylic acids is 2. The highest BCUT2D eigenvalue weighted by Crippen LogP contribution is 2.35. The van der Waals surface area contributed by atoms with Crippen molar-refractivity contribution < 1.29 is 19.1 Å². The molecule has 0 aromatic heterocycles. The second-order valence-electron chi connectivity index (χ2n) is 4.59. The van der Waals surface area contributed by atoms with E-state index in [0.29, 0.717) is 25.5 Å². The van der Waals surface area contributed by atoms with Crippen molar-refractivity contribution in [2.24, 2.45) is 0 Å². The molecule has 1 fully saturated rings. The molecule has 1 aromatic carbocycles. The quantitative estimate of drug-likeness (QED) is 0.701. The second-order valence-corrected chi connectivity index (χ2v) is 4.59. The van der Waals surface area contributed by atoms with Gasteiger partial charge in [-0.05, 0) is 30.2 Å². The summed E-state index contributed by atoms with van der Waals surface area (Å²) >= 11 is 0. The minimum Gasteiger partial charge on any atom is -0.486 e. The standard InChI is InChI=1S/C13H14N2O4/c1-7-4-10-11(19-3-2-18-10)5-8(7)9-6-14-12(16)13(17)15-9/h4-5,9H,2-3,6H2,1H3,(H,14,16)(H,15,17). The predicted octanol–water partition coefficient (Wildman–Crippen LogP) is 0.0533. The van der Waals surface area contributed by atoms with Gasteiger partial charge in [-0.1, -0.05) is 0 Å². The summed E-state index contributed by atoms with van der Waals surface area (Å²) in [5, 5.41) is 5.25. The van der Waals surface area contributed by atoms with Crippen molar-refractivity contribution in [1.29, 1.82) is 0 Å². The van der Waals surface area contributed by atoms with Gasteiger partial charge < -0.3 is 20.1 Å². The molecule has 6 heteroatoms. The predicted molar refractivity (Wildman–Crippen MR) is 66.1 cm³/mol. The van der Waals surface area contributed by atoms with Crippen molar-refractivity contribution in [2.45, 2.75) is 13.0 Å². The summed E-state index contributed by atoms with van der Waals surface area (Å²) in [6.07, 6.45) is 0. The van der Waals surface area contributed by atoms with Gasteiger partial charge in [0.15, 0.2) is 11.5 Å². The van der Waals surface area contributed by atoms with Crippen LogP contribution in [-0.2, 0) is 9.59 Å². The molecular weight excluding hydrogens is 248 g/mol. The molecule has 2 aliphatic rings. The average molecular weight is 262 g/mol. The molecule has 2 amide bonds. The minimum absolute atomic E-state index is 0.235. The summed E-state index contributed by atoms with van der Waals surface area (Å²) in [4.78, 5) is 22.5. The number of fused-ring (bicyclic) bond motifs is 1. The van der Waals surface area contributed by atoms with Crippen LogP contribution in [0.25, 0.3) is 0 Å². The molecule has 19 heavy (non-hydrogen) atoms. The van der Waals surface area contributed by atoms with E-state index in [-0.39, 0.29) is 6.04 Å². The van der Waals surface area contributed by atoms with Gasteiger partial charge in [-0.3, -0.25) is 9.59 Å². The highest BCUT2D eigenvalue weighted by Gasteiger charge is 2.28. The van der Waals surface area contributed by atoms with Gasteiger partial charge in [0.25, 0.3) is 0 Å². The van der Waals surface area contributed by atoms with E-state index in [1.54, 1.807) is 0 Å². The fourth-order valence-electron chi connectivity index (χ4n) is 2.32. The molecule has 1 unspecified atom stereocenters. The maximum atomic E-state index is 11.4. The van der Waals surface area contributed by atoms with Crippen molar-refractivity contribution in [2.75, 3.05) is 19.8 Å². The summed E-state index contributed by atoms with van der Waals surface area (Å²) in [5.41, 5.74) is 1.92. The van der Waals surface area contributed by atoms with Gasteiger partial charge in [-0.2, -0.15) is 0 Å². The Kier molecular flexibility index (Phi) is 2.77. The molecule has 1 atom stereocenters. The van der Waals surface area contributed by atoms with Crippen LogP contribution >= 0.6 is 0 Å². The molecule has 1 saturated heterocycles. The number of aryl methyl sites for hydroxylation is 1. The number of piperazine rings is 1. The monoisotopic (exact) mass is 262 g/mol. The molecule has 0 spiro atoms. The lowest BCUT2D eigenvalue weighted by atomic mass is 9.99. The number of amides is 2. The zero-order valence-corrected chi connectivity index (χ0v) is 10.5. The van der Waals surface area contributed by atoms with Gasteiger partial charge in [0, 0.05) is 6.54 Å². The van der Waals surface area contributed by atoms with Crippen molar-refractivity contribution >= 4 is 11.8 Å². The van der Waals surface area contributed by atoms with Gasteiger partial charge in [-0.15, -0.1) is 0 Å². The van der Waals surface area contributed by atoms with Crippen LogP contribution in [0.2, 0.25) is 0 Å². The number of ether oxygens (including phenoxy) is 2. The van der Waals surface area contributed by atoms with Crippen LogP contribution in [0.15, 0.2) is 12.1 Å². The third kappa shape index (κ3) is 2.09. The first-order valence-corrected chi connectivity index (χ1v) is 6.14. The van der Waals surface area contributed by atoms with Crippen molar-refractivity contribution in [1.82, 2.24) is 10.6 Å². The molecule has 1 aromatic rings. The van der Waals surface area contributed by atoms with Crippen molar-refractivity contribution in [3.8, 4) is 11.5 Å². The zero-order valence-electron chi connectivity index (χ0n) is 10.5. The Hall–Kier alpha value is -2.24. The topological polar surface area (TPSA) is 76.7 Å². The van der Waals surface area contributed by atoms with E-state index in [1.807, 2.05) is 19.1 Å². The number of hydrogen-bond donors (Lipinski definition) is 2. The van der Waals surface area contributed by atoms with E-state index >= 15 is 0 Å². The smallest absolute Gasteiger partial charge is 0.309 e. The van der Waals surface area contributed by atoms with E-state index in [0.717, 1.165) is 16.9 Å². The minimum atomic E-state index is -0.606. The molecule has 3 rings (SSSR count). The molecule has 0 radical (unpaired) electrons. The Morgan fingerprint density at radius 3 is 2.47 bits per heavy atom. The lowest BCUT2D eigenvalue weighted by Gasteiger charge is -2.27. The van der Waals surface area contributed by atoms with Crippen LogP contribution in [0.4, 0.5) is 0 Å². The van der Waals surface area contributed by atoms with E-state index in [1.165, 1.54) is 0 Å². The molecule has 0 aliphatic carbocycles. The van der Waals surface area contributed by atoms with Crippen LogP contribution < -0.4 is 20.1 Å². The Labute approximate surface area is 110 Å². The molecule has 100 valence electrons. The number of carbonyl (C=O) groups is 2. The first-order chi connectivity index (χ1) is 9.15. The average Bonchev–Trinajstić information content (AvgIpc) is 2.41. The van der Waals surface area contributed by atoms with Gasteiger partial charge >= 0.3 is 11.8 Å². The van der Waals surface area contributed by atoms with Crippen molar-refractivity contribution in [3.63, 3.8) is 0 Å². The summed E-state index contributed by atoms with van der Waals surface area (Å²) in [7, 11) is 0. The van der Waals surface area contributed by atoms with Gasteiger partial charge in [0.2, 0.25) is 0 Å². The number of nitrogens with one attached hydrogen (secondary N) is 2. The summed E-state index contributed by atoms with van der Waals surface area (Å²) in [5.74, 6) is 0.202. The van der Waals surface area contributed by atoms with Gasteiger partial charge in [0.1, 0.15) is 13.2 Å². The van der Waals surface area contributed by atoms with E-state index in [4.69, 9.17) is 9.47 Å². The first-order valence-electron chi connectivity index (χ1n) is 6.14. The SMILES string of the molecule is Cc1cc2c(cc1C1CNC(=O)C(=O)N1)OCCO2. The molecule has 2 aliphatic heterocycles. The number of rotatable bonds is 1. The number of hydrogen-bond acceptors (Lipinski definition) is 4. The Bertz CT molecular complexity index is 556. The van der Waals surface area contributed by atoms with Crippen LogP contribution in [-0.4, -0.2) is 31.6 Å². The molecular formula is C13H14N2O4. The third-order valence-corrected chi connectivity index (χ3v) is 3.28. The number of benzene rings is 1. The maximum absolute atomic E-state index is 11.4. The van der Waals surface area contributed by atoms with Crippen LogP contribution in [0, 0.1) is 6.92 Å². The largest absolute Gasteiger partial charge is 0.486 e. The molecule has 6 nitrogen and oxygen atoms in total. The molecule has 2 heterocycles. The lowest BCUT2D eigenvalue weighted by Crippen LogP contribution is -2.51. The van der Waals surface area contributed by atoms with Crippen LogP contribution in [0.1, 0.15) is 17.2 Å². The van der Waals surface area contributed by atoms with Gasteiger partial charge in [0.05, 0.1) is 6.04 Å². The Morgan fingerprint density at radius 2 is 1.79 bits per heavy atom. The maximum Gasteiger partial charge on any atom is 0.309 e.